The summed E-state index contributed by atoms with van der Waals surface area (Å²) < 4.78 is 37.7. The number of carbonyl (C=O) groups is 1. The van der Waals surface area contributed by atoms with Gasteiger partial charge in [0, 0.05) is 11.9 Å². The first-order valence-corrected chi connectivity index (χ1v) is 6.70. The van der Waals surface area contributed by atoms with Crippen molar-refractivity contribution in [3.8, 4) is 0 Å². The third kappa shape index (κ3) is 2.69. The zero-order chi connectivity index (χ0) is 14.9. The number of rotatable bonds is 3. The summed E-state index contributed by atoms with van der Waals surface area (Å²) in [7, 11) is 0. The zero-order valence-electron chi connectivity index (χ0n) is 10.5. The number of pyridine rings is 1. The maximum atomic E-state index is 12.6. The number of alkyl halides is 3. The van der Waals surface area contributed by atoms with Gasteiger partial charge in [-0.25, -0.2) is 4.98 Å². The first-order valence-electron chi connectivity index (χ1n) is 5.89. The number of hydrogen-bond acceptors (Lipinski definition) is 4. The molecule has 2 aromatic heterocycles. The fourth-order valence-electron chi connectivity index (χ4n) is 1.64. The second-order valence-corrected chi connectivity index (χ2v) is 5.15. The van der Waals surface area contributed by atoms with Gasteiger partial charge in [-0.15, -0.1) is 11.3 Å². The van der Waals surface area contributed by atoms with Crippen molar-refractivity contribution >= 4 is 33.1 Å². The highest BCUT2D eigenvalue weighted by molar-refractivity contribution is 7.21. The second-order valence-electron chi connectivity index (χ2n) is 4.15. The van der Waals surface area contributed by atoms with E-state index in [4.69, 9.17) is 5.73 Å². The summed E-state index contributed by atoms with van der Waals surface area (Å²) in [6, 6.07) is 2.10. The van der Waals surface area contributed by atoms with Gasteiger partial charge in [-0.1, -0.05) is 6.92 Å². The number of amides is 1. The Kier molecular flexibility index (Phi) is 3.85. The maximum absolute atomic E-state index is 12.6. The molecule has 0 unspecified atom stereocenters. The van der Waals surface area contributed by atoms with Gasteiger partial charge in [0.25, 0.3) is 5.91 Å². The SMILES string of the molecule is CCCNC(=O)c1sc2nc(C(F)(F)F)ccc2c1N. The number of nitrogens with zero attached hydrogens (tertiary/aromatic N) is 1. The van der Waals surface area contributed by atoms with Crippen LogP contribution in [-0.2, 0) is 6.18 Å². The van der Waals surface area contributed by atoms with Crippen LogP contribution in [0.15, 0.2) is 12.1 Å². The van der Waals surface area contributed by atoms with E-state index in [1.165, 1.54) is 6.07 Å². The summed E-state index contributed by atoms with van der Waals surface area (Å²) in [6.07, 6.45) is -3.76. The van der Waals surface area contributed by atoms with E-state index < -0.39 is 11.9 Å². The predicted molar refractivity (Wildman–Crippen MR) is 71.7 cm³/mol. The summed E-state index contributed by atoms with van der Waals surface area (Å²) in [5.41, 5.74) is 4.97. The molecule has 3 N–H and O–H groups in total. The van der Waals surface area contributed by atoms with Gasteiger partial charge in [-0.05, 0) is 18.6 Å². The van der Waals surface area contributed by atoms with Gasteiger partial charge in [0.2, 0.25) is 0 Å². The molecule has 0 fully saturated rings. The van der Waals surface area contributed by atoms with Crippen LogP contribution in [0.2, 0.25) is 0 Å². The van der Waals surface area contributed by atoms with E-state index in [0.29, 0.717) is 11.9 Å². The van der Waals surface area contributed by atoms with Gasteiger partial charge in [-0.2, -0.15) is 13.2 Å². The van der Waals surface area contributed by atoms with Gasteiger partial charge in [-0.3, -0.25) is 4.79 Å². The number of hydrogen-bond donors (Lipinski definition) is 2. The maximum Gasteiger partial charge on any atom is 0.433 e. The van der Waals surface area contributed by atoms with E-state index in [1.807, 2.05) is 6.92 Å². The van der Waals surface area contributed by atoms with Crippen LogP contribution in [0.25, 0.3) is 10.2 Å². The quantitative estimate of drug-likeness (QED) is 0.915. The van der Waals surface area contributed by atoms with Gasteiger partial charge in [0.15, 0.2) is 0 Å². The minimum absolute atomic E-state index is 0.110. The van der Waals surface area contributed by atoms with E-state index in [1.54, 1.807) is 0 Å². The zero-order valence-corrected chi connectivity index (χ0v) is 11.4. The smallest absolute Gasteiger partial charge is 0.397 e. The molecule has 0 atom stereocenters. The Hall–Kier alpha value is -1.83. The number of thiophene rings is 1. The topological polar surface area (TPSA) is 68.0 Å². The summed E-state index contributed by atoms with van der Waals surface area (Å²) in [6.45, 7) is 2.37. The third-order valence-electron chi connectivity index (χ3n) is 2.63. The van der Waals surface area contributed by atoms with Crippen LogP contribution in [0.1, 0.15) is 28.7 Å². The molecule has 0 aromatic carbocycles. The molecule has 20 heavy (non-hydrogen) atoms. The lowest BCUT2D eigenvalue weighted by Gasteiger charge is -2.04. The summed E-state index contributed by atoms with van der Waals surface area (Å²) in [4.78, 5) is 15.7. The lowest BCUT2D eigenvalue weighted by molar-refractivity contribution is -0.140. The van der Waals surface area contributed by atoms with Crippen molar-refractivity contribution in [3.05, 3.63) is 22.7 Å². The average Bonchev–Trinajstić information content (AvgIpc) is 2.72. The Morgan fingerprint density at radius 2 is 2.15 bits per heavy atom. The Morgan fingerprint density at radius 3 is 2.75 bits per heavy atom. The van der Waals surface area contributed by atoms with Crippen LogP contribution in [0.3, 0.4) is 0 Å². The molecule has 2 rings (SSSR count). The van der Waals surface area contributed by atoms with Crippen LogP contribution >= 0.6 is 11.3 Å². The van der Waals surface area contributed by atoms with Gasteiger partial charge in [0.1, 0.15) is 15.4 Å². The van der Waals surface area contributed by atoms with Crippen LogP contribution in [0.5, 0.6) is 0 Å². The van der Waals surface area contributed by atoms with Crippen molar-refractivity contribution in [2.45, 2.75) is 19.5 Å². The normalized spacial score (nSPS) is 11.8. The highest BCUT2D eigenvalue weighted by atomic mass is 32.1. The molecule has 1 amide bonds. The number of halogens is 3. The highest BCUT2D eigenvalue weighted by Crippen LogP contribution is 2.35. The number of fused-ring (bicyclic) bond motifs is 1. The number of nitrogen functional groups attached to an aromatic ring is 1. The monoisotopic (exact) mass is 303 g/mol. The molecular formula is C12H12F3N3OS. The van der Waals surface area contributed by atoms with Gasteiger partial charge < -0.3 is 11.1 Å². The average molecular weight is 303 g/mol. The minimum atomic E-state index is -4.52. The Morgan fingerprint density at radius 1 is 1.45 bits per heavy atom. The van der Waals surface area contributed by atoms with Crippen molar-refractivity contribution < 1.29 is 18.0 Å². The first kappa shape index (κ1) is 14.6. The summed E-state index contributed by atoms with van der Waals surface area (Å²) >= 11 is 0.865. The number of nitrogens with two attached hydrogens (primary N) is 1. The van der Waals surface area contributed by atoms with Crippen LogP contribution < -0.4 is 11.1 Å². The Labute approximate surface area is 116 Å². The molecule has 0 aliphatic heterocycles. The van der Waals surface area contributed by atoms with Crippen molar-refractivity contribution in [2.75, 3.05) is 12.3 Å². The molecule has 2 heterocycles. The number of nitrogens with one attached hydrogen (secondary N) is 1. The molecule has 4 nitrogen and oxygen atoms in total. The van der Waals surface area contributed by atoms with Crippen LogP contribution in [0, 0.1) is 0 Å². The minimum Gasteiger partial charge on any atom is -0.397 e. The van der Waals surface area contributed by atoms with Gasteiger partial charge >= 0.3 is 6.18 Å². The molecule has 0 saturated heterocycles. The summed E-state index contributed by atoms with van der Waals surface area (Å²) in [5.74, 6) is -0.388. The lowest BCUT2D eigenvalue weighted by atomic mass is 10.2. The molecule has 0 aliphatic carbocycles. The molecule has 0 radical (unpaired) electrons. The van der Waals surface area contributed by atoms with Crippen molar-refractivity contribution in [1.82, 2.24) is 10.3 Å². The molecule has 108 valence electrons. The number of carbonyl (C=O) groups excluding carboxylic acids is 1. The molecule has 8 heteroatoms. The molecule has 2 aromatic rings. The van der Waals surface area contributed by atoms with Gasteiger partial charge in [0.05, 0.1) is 5.69 Å². The molecule has 0 saturated carbocycles. The van der Waals surface area contributed by atoms with Crippen LogP contribution in [-0.4, -0.2) is 17.4 Å². The molecule has 0 bridgehead atoms. The number of anilines is 1. The van der Waals surface area contributed by atoms with E-state index >= 15 is 0 Å². The molecule has 0 spiro atoms. The first-order chi connectivity index (χ1) is 9.34. The highest BCUT2D eigenvalue weighted by Gasteiger charge is 2.33. The van der Waals surface area contributed by atoms with Crippen molar-refractivity contribution in [3.63, 3.8) is 0 Å². The van der Waals surface area contributed by atoms with Crippen molar-refractivity contribution in [2.24, 2.45) is 0 Å². The Balaban J connectivity index is 2.44. The fraction of sp³-hybridized carbons (Fsp3) is 0.333. The molecule has 0 aliphatic rings. The number of aromatic nitrogens is 1. The van der Waals surface area contributed by atoms with Crippen molar-refractivity contribution in [1.29, 1.82) is 0 Å². The van der Waals surface area contributed by atoms with Crippen LogP contribution in [0.4, 0.5) is 18.9 Å². The fourth-order valence-corrected chi connectivity index (χ4v) is 2.65. The largest absolute Gasteiger partial charge is 0.433 e. The summed E-state index contributed by atoms with van der Waals surface area (Å²) in [5, 5.41) is 3.00. The standard InChI is InChI=1S/C12H12F3N3OS/c1-2-5-17-10(19)9-8(16)6-3-4-7(12(13,14)15)18-11(6)20-9/h3-4H,2,5,16H2,1H3,(H,17,19). The Bertz CT molecular complexity index is 651. The third-order valence-corrected chi connectivity index (χ3v) is 3.74. The molecular weight excluding hydrogens is 291 g/mol. The second kappa shape index (κ2) is 5.28. The lowest BCUT2D eigenvalue weighted by Crippen LogP contribution is -2.23. The predicted octanol–water partition coefficient (Wildman–Crippen LogP) is 3.04. The van der Waals surface area contributed by atoms with E-state index in [2.05, 4.69) is 10.3 Å². The van der Waals surface area contributed by atoms with E-state index in [-0.39, 0.29) is 21.3 Å². The van der Waals surface area contributed by atoms with E-state index in [0.717, 1.165) is 23.8 Å². The van der Waals surface area contributed by atoms with E-state index in [9.17, 15) is 18.0 Å².